The molecule has 4 rings (SSSR count). The van der Waals surface area contributed by atoms with E-state index < -0.39 is 9.84 Å². The summed E-state index contributed by atoms with van der Waals surface area (Å²) in [5.74, 6) is -0.314. The Kier molecular flexibility index (Phi) is 5.46. The molecular weight excluding hydrogens is 410 g/mol. The topological polar surface area (TPSA) is 78.0 Å². The highest BCUT2D eigenvalue weighted by Crippen LogP contribution is 2.41. The molecule has 2 amide bonds. The van der Waals surface area contributed by atoms with Gasteiger partial charge in [0, 0.05) is 57.1 Å². The van der Waals surface area contributed by atoms with E-state index in [-0.39, 0.29) is 28.7 Å². The molecule has 0 spiro atoms. The van der Waals surface area contributed by atoms with Gasteiger partial charge in [0.25, 0.3) is 11.8 Å². The summed E-state index contributed by atoms with van der Waals surface area (Å²) < 4.78 is 25.2. The highest BCUT2D eigenvalue weighted by Gasteiger charge is 2.46. The number of thiophene rings is 1. The summed E-state index contributed by atoms with van der Waals surface area (Å²) in [5.41, 5.74) is 0.698. The molecule has 7 nitrogen and oxygen atoms in total. The Balaban J connectivity index is 1.63. The lowest BCUT2D eigenvalue weighted by Gasteiger charge is -2.48. The number of rotatable bonds is 3. The first-order valence-corrected chi connectivity index (χ1v) is 12.8. The normalized spacial score (nSPS) is 26.0. The summed E-state index contributed by atoms with van der Waals surface area (Å²) in [7, 11) is -1.93. The Morgan fingerprint density at radius 1 is 1.14 bits per heavy atom. The van der Waals surface area contributed by atoms with E-state index in [0.29, 0.717) is 31.9 Å². The average molecular weight is 438 g/mol. The number of fused-ring (bicyclic) bond motifs is 1. The minimum Gasteiger partial charge on any atom is -0.370 e. The second-order valence-corrected chi connectivity index (χ2v) is 11.0. The van der Waals surface area contributed by atoms with Gasteiger partial charge in [-0.05, 0) is 24.3 Å². The van der Waals surface area contributed by atoms with Crippen molar-refractivity contribution >= 4 is 33.0 Å². The van der Waals surface area contributed by atoms with Crippen LogP contribution in [0.5, 0.6) is 0 Å². The van der Waals surface area contributed by atoms with Gasteiger partial charge >= 0.3 is 0 Å². The van der Waals surface area contributed by atoms with Gasteiger partial charge in [-0.15, -0.1) is 11.3 Å². The zero-order valence-corrected chi connectivity index (χ0v) is 18.5. The van der Waals surface area contributed by atoms with Crippen molar-refractivity contribution in [3.8, 4) is 0 Å². The maximum Gasteiger partial charge on any atom is 0.267 e. The lowest BCUT2D eigenvalue weighted by Crippen LogP contribution is -2.56. The Labute approximate surface area is 175 Å². The van der Waals surface area contributed by atoms with E-state index in [9.17, 15) is 18.0 Å². The molecule has 0 bridgehead atoms. The van der Waals surface area contributed by atoms with Crippen LogP contribution in [0.1, 0.15) is 35.4 Å². The van der Waals surface area contributed by atoms with Gasteiger partial charge in [0.15, 0.2) is 14.7 Å². The quantitative estimate of drug-likeness (QED) is 0.721. The van der Waals surface area contributed by atoms with Crippen molar-refractivity contribution in [1.82, 2.24) is 14.7 Å². The SMILES string of the molecule is CN1C(=O)C(S(C)(=O)=O)=C(N2CCN(C(=O)c3cccs3)CC2)C2CCCCC21. The van der Waals surface area contributed by atoms with Gasteiger partial charge in [0.05, 0.1) is 4.88 Å². The summed E-state index contributed by atoms with van der Waals surface area (Å²) in [6.07, 6.45) is 5.03. The van der Waals surface area contributed by atoms with Crippen LogP contribution in [0.4, 0.5) is 0 Å². The third-order valence-corrected chi connectivity index (χ3v) is 8.32. The van der Waals surface area contributed by atoms with E-state index in [1.54, 1.807) is 11.9 Å². The molecule has 0 aromatic carbocycles. The Bertz CT molecular complexity index is 931. The fourth-order valence-electron chi connectivity index (χ4n) is 4.92. The summed E-state index contributed by atoms with van der Waals surface area (Å²) in [6, 6.07) is 3.75. The molecule has 9 heteroatoms. The van der Waals surface area contributed by atoms with Crippen LogP contribution in [-0.2, 0) is 14.6 Å². The van der Waals surface area contributed by atoms with E-state index in [1.165, 1.54) is 11.3 Å². The summed E-state index contributed by atoms with van der Waals surface area (Å²) in [5, 5.41) is 1.89. The molecule has 2 unspecified atom stereocenters. The predicted octanol–water partition coefficient (Wildman–Crippen LogP) is 1.79. The van der Waals surface area contributed by atoms with Crippen molar-refractivity contribution in [2.45, 2.75) is 31.7 Å². The van der Waals surface area contributed by atoms with Gasteiger partial charge in [-0.2, -0.15) is 0 Å². The molecule has 0 radical (unpaired) electrons. The minimum absolute atomic E-state index is 0.0203. The molecule has 29 heavy (non-hydrogen) atoms. The fourth-order valence-corrected chi connectivity index (χ4v) is 6.73. The molecule has 2 aliphatic heterocycles. The van der Waals surface area contributed by atoms with Gasteiger partial charge in [-0.3, -0.25) is 9.59 Å². The van der Waals surface area contributed by atoms with Gasteiger partial charge in [-0.1, -0.05) is 18.9 Å². The van der Waals surface area contributed by atoms with Crippen molar-refractivity contribution in [2.75, 3.05) is 39.5 Å². The number of likely N-dealkylation sites (N-methyl/N-ethyl adjacent to an activating group) is 1. The Morgan fingerprint density at radius 3 is 2.45 bits per heavy atom. The summed E-state index contributed by atoms with van der Waals surface area (Å²) >= 11 is 1.43. The van der Waals surface area contributed by atoms with Crippen LogP contribution in [-0.4, -0.2) is 80.5 Å². The van der Waals surface area contributed by atoms with Gasteiger partial charge in [-0.25, -0.2) is 8.42 Å². The lowest BCUT2D eigenvalue weighted by atomic mass is 9.78. The highest BCUT2D eigenvalue weighted by atomic mass is 32.2. The van der Waals surface area contributed by atoms with Crippen molar-refractivity contribution < 1.29 is 18.0 Å². The maximum absolute atomic E-state index is 13.0. The number of nitrogens with zero attached hydrogens (tertiary/aromatic N) is 3. The monoisotopic (exact) mass is 437 g/mol. The second kappa shape index (κ2) is 7.75. The van der Waals surface area contributed by atoms with Gasteiger partial charge < -0.3 is 14.7 Å². The van der Waals surface area contributed by atoms with Crippen LogP contribution in [0.25, 0.3) is 0 Å². The van der Waals surface area contributed by atoms with Crippen molar-refractivity contribution in [3.05, 3.63) is 33.0 Å². The molecule has 1 aliphatic carbocycles. The number of carbonyl (C=O) groups is 2. The zero-order chi connectivity index (χ0) is 20.8. The molecule has 2 fully saturated rings. The van der Waals surface area contributed by atoms with E-state index in [4.69, 9.17) is 0 Å². The van der Waals surface area contributed by atoms with Crippen molar-refractivity contribution in [2.24, 2.45) is 5.92 Å². The van der Waals surface area contributed by atoms with E-state index >= 15 is 0 Å². The molecule has 3 aliphatic rings. The van der Waals surface area contributed by atoms with Crippen LogP contribution in [0.15, 0.2) is 28.1 Å². The molecule has 2 atom stereocenters. The largest absolute Gasteiger partial charge is 0.370 e. The molecule has 1 aromatic heterocycles. The molecule has 158 valence electrons. The molecular formula is C20H27N3O4S2. The number of hydrogen-bond donors (Lipinski definition) is 0. The minimum atomic E-state index is -3.65. The van der Waals surface area contributed by atoms with E-state index in [1.807, 2.05) is 22.4 Å². The number of sulfone groups is 1. The maximum atomic E-state index is 13.0. The van der Waals surface area contributed by atoms with E-state index in [2.05, 4.69) is 4.90 Å². The number of carbonyl (C=O) groups excluding carboxylic acids is 2. The van der Waals surface area contributed by atoms with Crippen LogP contribution >= 0.6 is 11.3 Å². The highest BCUT2D eigenvalue weighted by molar-refractivity contribution is 7.95. The number of piperazine rings is 1. The Hall–Kier alpha value is -1.87. The second-order valence-electron chi connectivity index (χ2n) is 8.12. The molecule has 3 heterocycles. The van der Waals surface area contributed by atoms with Crippen molar-refractivity contribution in [3.63, 3.8) is 0 Å². The predicted molar refractivity (Wildman–Crippen MR) is 112 cm³/mol. The molecule has 1 aromatic rings. The van der Waals surface area contributed by atoms with Gasteiger partial charge in [0.2, 0.25) is 0 Å². The van der Waals surface area contributed by atoms with E-state index in [0.717, 1.165) is 36.8 Å². The first-order chi connectivity index (χ1) is 13.8. The summed E-state index contributed by atoms with van der Waals surface area (Å²) in [4.78, 5) is 31.8. The standard InChI is InChI=1S/C20H27N3O4S2/c1-21-15-7-4-3-6-14(15)17(18(20(21)25)29(2,26)27)22-9-11-23(12-10-22)19(24)16-8-5-13-28-16/h5,8,13-15H,3-4,6-7,9-12H2,1-2H3. The molecule has 0 N–H and O–H groups in total. The van der Waals surface area contributed by atoms with Crippen LogP contribution < -0.4 is 0 Å². The zero-order valence-electron chi connectivity index (χ0n) is 16.8. The fraction of sp³-hybridized carbons (Fsp3) is 0.600. The number of hydrogen-bond acceptors (Lipinski definition) is 6. The third-order valence-electron chi connectivity index (χ3n) is 6.34. The number of amides is 2. The third kappa shape index (κ3) is 3.70. The molecule has 1 saturated heterocycles. The average Bonchev–Trinajstić information content (AvgIpc) is 3.24. The molecule has 1 saturated carbocycles. The van der Waals surface area contributed by atoms with Crippen molar-refractivity contribution in [1.29, 1.82) is 0 Å². The van der Waals surface area contributed by atoms with Crippen LogP contribution in [0, 0.1) is 5.92 Å². The summed E-state index contributed by atoms with van der Waals surface area (Å²) in [6.45, 7) is 2.15. The first kappa shape index (κ1) is 20.4. The van der Waals surface area contributed by atoms with Crippen LogP contribution in [0.2, 0.25) is 0 Å². The van der Waals surface area contributed by atoms with Gasteiger partial charge in [0.1, 0.15) is 0 Å². The first-order valence-electron chi connectivity index (χ1n) is 10.1. The Morgan fingerprint density at radius 2 is 1.83 bits per heavy atom. The smallest absolute Gasteiger partial charge is 0.267 e. The lowest BCUT2D eigenvalue weighted by molar-refractivity contribution is -0.130. The van der Waals surface area contributed by atoms with Crippen LogP contribution in [0.3, 0.4) is 0 Å².